The van der Waals surface area contributed by atoms with Gasteiger partial charge < -0.3 is 5.11 Å². The highest BCUT2D eigenvalue weighted by atomic mass is 32.2. The number of carbonyl (C=O) groups is 1. The van der Waals surface area contributed by atoms with E-state index in [-0.39, 0.29) is 10.8 Å². The molecule has 0 aliphatic heterocycles. The van der Waals surface area contributed by atoms with Crippen LogP contribution in [0.15, 0.2) is 5.38 Å². The number of carboxylic acids is 1. The number of aromatic carboxylic acids is 1. The van der Waals surface area contributed by atoms with Gasteiger partial charge in [-0.05, 0) is 0 Å². The van der Waals surface area contributed by atoms with Crippen molar-refractivity contribution >= 4 is 32.6 Å². The maximum absolute atomic E-state index is 10.5. The molecular formula is C4H5N3O4S2. The van der Waals surface area contributed by atoms with Gasteiger partial charge in [-0.3, -0.25) is 0 Å². The molecule has 0 fully saturated rings. The summed E-state index contributed by atoms with van der Waals surface area (Å²) in [5.74, 6) is -1.22. The van der Waals surface area contributed by atoms with E-state index in [1.165, 1.54) is 5.38 Å². The zero-order chi connectivity index (χ0) is 10.1. The summed E-state index contributed by atoms with van der Waals surface area (Å²) in [7, 11) is -3.88. The Hall–Kier alpha value is -1.19. The number of aromatic nitrogens is 1. The molecule has 1 aromatic rings. The third kappa shape index (κ3) is 2.97. The molecule has 0 saturated carbocycles. The second kappa shape index (κ2) is 3.28. The highest BCUT2D eigenvalue weighted by molar-refractivity contribution is 7.90. The topological polar surface area (TPSA) is 122 Å². The van der Waals surface area contributed by atoms with E-state index >= 15 is 0 Å². The van der Waals surface area contributed by atoms with Gasteiger partial charge in [0.25, 0.3) is 10.2 Å². The number of hydrogen-bond donors (Lipinski definition) is 3. The second-order valence-corrected chi connectivity index (χ2v) is 4.14. The van der Waals surface area contributed by atoms with Crippen LogP contribution in [0.2, 0.25) is 0 Å². The van der Waals surface area contributed by atoms with Gasteiger partial charge in [-0.15, -0.1) is 11.3 Å². The predicted molar refractivity (Wildman–Crippen MR) is 45.8 cm³/mol. The van der Waals surface area contributed by atoms with Gasteiger partial charge in [-0.25, -0.2) is 19.6 Å². The summed E-state index contributed by atoms with van der Waals surface area (Å²) in [4.78, 5) is 13.8. The van der Waals surface area contributed by atoms with Crippen LogP contribution in [0.4, 0.5) is 5.13 Å². The van der Waals surface area contributed by atoms with Crippen LogP contribution in [0.25, 0.3) is 0 Å². The van der Waals surface area contributed by atoms with E-state index in [1.54, 1.807) is 0 Å². The van der Waals surface area contributed by atoms with E-state index < -0.39 is 16.2 Å². The van der Waals surface area contributed by atoms with Crippen LogP contribution in [0.1, 0.15) is 10.5 Å². The molecule has 0 aliphatic carbocycles. The number of nitrogens with zero attached hydrogens (tertiary/aromatic N) is 1. The SMILES string of the molecule is NS(=O)(=O)Nc1nc(C(=O)O)cs1. The fraction of sp³-hybridized carbons (Fsp3) is 0. The van der Waals surface area contributed by atoms with Gasteiger partial charge in [-0.2, -0.15) is 8.42 Å². The molecule has 0 aliphatic rings. The molecule has 1 heterocycles. The molecule has 7 nitrogen and oxygen atoms in total. The van der Waals surface area contributed by atoms with Gasteiger partial charge in [0, 0.05) is 5.38 Å². The van der Waals surface area contributed by atoms with Crippen LogP contribution in [0, 0.1) is 0 Å². The van der Waals surface area contributed by atoms with Crippen LogP contribution in [-0.4, -0.2) is 24.5 Å². The monoisotopic (exact) mass is 223 g/mol. The Morgan fingerprint density at radius 2 is 2.31 bits per heavy atom. The normalized spacial score (nSPS) is 11.2. The molecule has 1 rings (SSSR count). The first-order valence-corrected chi connectivity index (χ1v) is 5.30. The number of nitrogens with one attached hydrogen (secondary N) is 1. The van der Waals surface area contributed by atoms with Gasteiger partial charge in [0.2, 0.25) is 0 Å². The molecule has 0 spiro atoms. The summed E-state index contributed by atoms with van der Waals surface area (Å²) in [6, 6.07) is 0. The highest BCUT2D eigenvalue weighted by Gasteiger charge is 2.10. The van der Waals surface area contributed by atoms with E-state index in [0.717, 1.165) is 11.3 Å². The molecule has 0 saturated heterocycles. The first-order chi connectivity index (χ1) is 5.88. The van der Waals surface area contributed by atoms with Crippen molar-refractivity contribution in [3.8, 4) is 0 Å². The van der Waals surface area contributed by atoms with Crippen LogP contribution < -0.4 is 9.86 Å². The lowest BCUT2D eigenvalue weighted by molar-refractivity contribution is 0.0691. The fourth-order valence-electron chi connectivity index (χ4n) is 0.541. The van der Waals surface area contributed by atoms with Crippen molar-refractivity contribution in [3.05, 3.63) is 11.1 Å². The van der Waals surface area contributed by atoms with E-state index in [4.69, 9.17) is 5.11 Å². The Balaban J connectivity index is 2.87. The van der Waals surface area contributed by atoms with Crippen molar-refractivity contribution in [2.24, 2.45) is 5.14 Å². The van der Waals surface area contributed by atoms with Gasteiger partial charge in [0.1, 0.15) is 0 Å². The largest absolute Gasteiger partial charge is 0.476 e. The lowest BCUT2D eigenvalue weighted by Gasteiger charge is -1.95. The van der Waals surface area contributed by atoms with E-state index in [1.807, 2.05) is 4.72 Å². The Bertz CT molecular complexity index is 422. The first kappa shape index (κ1) is 9.89. The molecular weight excluding hydrogens is 218 g/mol. The third-order valence-corrected chi connectivity index (χ3v) is 2.32. The molecule has 0 bridgehead atoms. The van der Waals surface area contributed by atoms with E-state index in [2.05, 4.69) is 10.1 Å². The number of thiazole rings is 1. The summed E-state index contributed by atoms with van der Waals surface area (Å²) in [5.41, 5.74) is -0.226. The van der Waals surface area contributed by atoms with Crippen molar-refractivity contribution in [1.29, 1.82) is 0 Å². The molecule has 0 radical (unpaired) electrons. The maximum atomic E-state index is 10.5. The van der Waals surface area contributed by atoms with Crippen molar-refractivity contribution in [2.45, 2.75) is 0 Å². The van der Waals surface area contributed by atoms with Crippen molar-refractivity contribution < 1.29 is 18.3 Å². The summed E-state index contributed by atoms with van der Waals surface area (Å²) in [6.45, 7) is 0. The number of rotatable bonds is 3. The van der Waals surface area contributed by atoms with Gasteiger partial charge >= 0.3 is 5.97 Å². The molecule has 1 aromatic heterocycles. The molecule has 0 atom stereocenters. The molecule has 9 heteroatoms. The molecule has 0 unspecified atom stereocenters. The van der Waals surface area contributed by atoms with Gasteiger partial charge in [0.15, 0.2) is 10.8 Å². The number of nitrogens with two attached hydrogens (primary N) is 1. The zero-order valence-electron chi connectivity index (χ0n) is 6.09. The zero-order valence-corrected chi connectivity index (χ0v) is 7.72. The average molecular weight is 223 g/mol. The van der Waals surface area contributed by atoms with Crippen molar-refractivity contribution in [1.82, 2.24) is 4.98 Å². The number of hydrogen-bond acceptors (Lipinski definition) is 5. The molecule has 13 heavy (non-hydrogen) atoms. The van der Waals surface area contributed by atoms with Crippen molar-refractivity contribution in [3.63, 3.8) is 0 Å². The van der Waals surface area contributed by atoms with Crippen LogP contribution in [0.3, 0.4) is 0 Å². The minimum Gasteiger partial charge on any atom is -0.476 e. The number of carboxylic acid groups (broad SMARTS) is 1. The lowest BCUT2D eigenvalue weighted by atomic mass is 10.5. The first-order valence-electron chi connectivity index (χ1n) is 2.88. The molecule has 0 amide bonds. The minimum absolute atomic E-state index is 0.0695. The van der Waals surface area contributed by atoms with Crippen molar-refractivity contribution in [2.75, 3.05) is 4.72 Å². The average Bonchev–Trinajstić information content (AvgIpc) is 2.31. The standard InChI is InChI=1S/C4H5N3O4S2/c5-13(10,11)7-4-6-2(1-12-4)3(8)9/h1H,(H,6,7)(H,8,9)(H2,5,10,11). The second-order valence-electron chi connectivity index (χ2n) is 1.99. The maximum Gasteiger partial charge on any atom is 0.355 e. The summed E-state index contributed by atoms with van der Waals surface area (Å²) >= 11 is 0.843. The molecule has 72 valence electrons. The Morgan fingerprint density at radius 3 is 2.69 bits per heavy atom. The third-order valence-electron chi connectivity index (χ3n) is 0.953. The minimum atomic E-state index is -3.88. The van der Waals surface area contributed by atoms with Gasteiger partial charge in [-0.1, -0.05) is 0 Å². The van der Waals surface area contributed by atoms with Crippen LogP contribution in [0.5, 0.6) is 0 Å². The van der Waals surface area contributed by atoms with Crippen LogP contribution in [-0.2, 0) is 10.2 Å². The Morgan fingerprint density at radius 1 is 1.69 bits per heavy atom. The van der Waals surface area contributed by atoms with Crippen LogP contribution >= 0.6 is 11.3 Å². The highest BCUT2D eigenvalue weighted by Crippen LogP contribution is 2.15. The molecule has 4 N–H and O–H groups in total. The lowest BCUT2D eigenvalue weighted by Crippen LogP contribution is -2.21. The predicted octanol–water partition coefficient (Wildman–Crippen LogP) is -0.543. The fourth-order valence-corrected chi connectivity index (χ4v) is 1.90. The summed E-state index contributed by atoms with van der Waals surface area (Å²) in [5, 5.41) is 14.2. The summed E-state index contributed by atoms with van der Waals surface area (Å²) in [6.07, 6.45) is 0. The van der Waals surface area contributed by atoms with Gasteiger partial charge in [0.05, 0.1) is 0 Å². The molecule has 0 aromatic carbocycles. The van der Waals surface area contributed by atoms with E-state index in [0.29, 0.717) is 0 Å². The quantitative estimate of drug-likeness (QED) is 0.634. The number of anilines is 1. The van der Waals surface area contributed by atoms with E-state index in [9.17, 15) is 13.2 Å². The Labute approximate surface area is 77.4 Å². The smallest absolute Gasteiger partial charge is 0.355 e. The Kier molecular flexibility index (Phi) is 2.50. The summed E-state index contributed by atoms with van der Waals surface area (Å²) < 4.78 is 22.8.